The summed E-state index contributed by atoms with van der Waals surface area (Å²) in [4.78, 5) is 0. The van der Waals surface area contributed by atoms with E-state index in [2.05, 4.69) is 0 Å². The van der Waals surface area contributed by atoms with Gasteiger partial charge in [0, 0.05) is 13.7 Å². The van der Waals surface area contributed by atoms with Crippen LogP contribution in [0.4, 0.5) is 0 Å². The van der Waals surface area contributed by atoms with Crippen molar-refractivity contribution in [1.82, 2.24) is 0 Å². The second-order valence-corrected chi connectivity index (χ2v) is 6.00. The number of methoxy groups -OCH3 is 1. The zero-order chi connectivity index (χ0) is 11.3. The van der Waals surface area contributed by atoms with Crippen molar-refractivity contribution in [3.63, 3.8) is 0 Å². The average Bonchev–Trinajstić information content (AvgIpc) is 2.38. The molecule has 1 heteroatoms. The first-order valence-corrected chi connectivity index (χ1v) is 7.36. The van der Waals surface area contributed by atoms with Crippen molar-refractivity contribution in [2.45, 2.75) is 70.6 Å². The van der Waals surface area contributed by atoms with E-state index in [0.29, 0.717) is 5.41 Å². The molecule has 0 heterocycles. The van der Waals surface area contributed by atoms with Crippen LogP contribution in [0.1, 0.15) is 70.6 Å². The minimum atomic E-state index is 0.675. The maximum absolute atomic E-state index is 5.36. The molecule has 0 aromatic carbocycles. The lowest BCUT2D eigenvalue weighted by molar-refractivity contribution is 0.0293. The van der Waals surface area contributed by atoms with Crippen LogP contribution < -0.4 is 0 Å². The molecule has 0 unspecified atom stereocenters. The van der Waals surface area contributed by atoms with Gasteiger partial charge in [-0.05, 0) is 43.4 Å². The van der Waals surface area contributed by atoms with Gasteiger partial charge in [0.25, 0.3) is 0 Å². The van der Waals surface area contributed by atoms with Crippen LogP contribution in [0.5, 0.6) is 0 Å². The molecule has 2 aliphatic carbocycles. The second-order valence-electron chi connectivity index (χ2n) is 6.00. The molecular formula is C15H28O. The van der Waals surface area contributed by atoms with Crippen molar-refractivity contribution in [1.29, 1.82) is 0 Å². The van der Waals surface area contributed by atoms with Crippen LogP contribution in [0.2, 0.25) is 0 Å². The number of rotatable bonds is 4. The van der Waals surface area contributed by atoms with Gasteiger partial charge in [0.1, 0.15) is 0 Å². The molecule has 2 aliphatic rings. The first kappa shape index (κ1) is 12.4. The molecule has 0 aromatic rings. The Morgan fingerprint density at radius 3 is 2.19 bits per heavy atom. The Bertz CT molecular complexity index is 188. The molecule has 94 valence electrons. The first-order valence-electron chi connectivity index (χ1n) is 7.36. The van der Waals surface area contributed by atoms with Gasteiger partial charge < -0.3 is 4.74 Å². The van der Waals surface area contributed by atoms with Gasteiger partial charge in [-0.2, -0.15) is 0 Å². The van der Waals surface area contributed by atoms with E-state index in [-0.39, 0.29) is 0 Å². The summed E-state index contributed by atoms with van der Waals surface area (Å²) < 4.78 is 5.36. The van der Waals surface area contributed by atoms with Crippen LogP contribution in [0.25, 0.3) is 0 Å². The maximum Gasteiger partial charge on any atom is 0.0467 e. The van der Waals surface area contributed by atoms with Crippen LogP contribution in [-0.4, -0.2) is 13.7 Å². The van der Waals surface area contributed by atoms with Crippen molar-refractivity contribution in [3.8, 4) is 0 Å². The molecule has 0 spiro atoms. The first-order chi connectivity index (χ1) is 7.87. The van der Waals surface area contributed by atoms with Gasteiger partial charge in [-0.25, -0.2) is 0 Å². The van der Waals surface area contributed by atoms with Gasteiger partial charge in [-0.1, -0.05) is 38.5 Å². The molecule has 2 rings (SSSR count). The lowest BCUT2D eigenvalue weighted by atomic mass is 9.60. The molecule has 0 saturated heterocycles. The van der Waals surface area contributed by atoms with Crippen molar-refractivity contribution in [3.05, 3.63) is 0 Å². The highest BCUT2D eigenvalue weighted by molar-refractivity contribution is 4.90. The summed E-state index contributed by atoms with van der Waals surface area (Å²) in [6.07, 6.45) is 16.2. The SMILES string of the molecule is COCCC1(C2CCCCC2)CCCCC1. The summed E-state index contributed by atoms with van der Waals surface area (Å²) in [5.74, 6) is 1.02. The van der Waals surface area contributed by atoms with E-state index in [0.717, 1.165) is 12.5 Å². The summed E-state index contributed by atoms with van der Waals surface area (Å²) in [6.45, 7) is 0.983. The minimum absolute atomic E-state index is 0.675. The molecule has 0 atom stereocenters. The maximum atomic E-state index is 5.36. The van der Waals surface area contributed by atoms with E-state index in [1.165, 1.54) is 70.6 Å². The van der Waals surface area contributed by atoms with E-state index in [1.807, 2.05) is 7.11 Å². The van der Waals surface area contributed by atoms with Gasteiger partial charge in [0.05, 0.1) is 0 Å². The van der Waals surface area contributed by atoms with E-state index in [9.17, 15) is 0 Å². The van der Waals surface area contributed by atoms with Gasteiger partial charge in [0.2, 0.25) is 0 Å². The molecule has 2 saturated carbocycles. The highest BCUT2D eigenvalue weighted by Crippen LogP contribution is 2.50. The Morgan fingerprint density at radius 2 is 1.56 bits per heavy atom. The Labute approximate surface area is 101 Å². The van der Waals surface area contributed by atoms with Crippen molar-refractivity contribution < 1.29 is 4.74 Å². The highest BCUT2D eigenvalue weighted by atomic mass is 16.5. The molecule has 0 aromatic heterocycles. The standard InChI is InChI=1S/C15H28O/c1-16-13-12-15(10-6-3-7-11-15)14-8-4-2-5-9-14/h14H,2-13H2,1H3. The molecule has 1 nitrogen and oxygen atoms in total. The molecule has 0 N–H and O–H groups in total. The zero-order valence-corrected chi connectivity index (χ0v) is 11.0. The van der Waals surface area contributed by atoms with Gasteiger partial charge in [0.15, 0.2) is 0 Å². The Balaban J connectivity index is 1.99. The summed E-state index contributed by atoms with van der Waals surface area (Å²) in [7, 11) is 1.86. The molecular weight excluding hydrogens is 196 g/mol. The minimum Gasteiger partial charge on any atom is -0.385 e. The summed E-state index contributed by atoms with van der Waals surface area (Å²) in [5.41, 5.74) is 0.675. The largest absolute Gasteiger partial charge is 0.385 e. The van der Waals surface area contributed by atoms with Crippen LogP contribution in [-0.2, 0) is 4.74 Å². The third-order valence-electron chi connectivity index (χ3n) is 5.12. The molecule has 0 amide bonds. The zero-order valence-electron chi connectivity index (χ0n) is 11.0. The predicted octanol–water partition coefficient (Wildman–Crippen LogP) is 4.55. The van der Waals surface area contributed by atoms with Crippen molar-refractivity contribution >= 4 is 0 Å². The Kier molecular flexibility index (Phi) is 4.69. The Hall–Kier alpha value is -0.0400. The van der Waals surface area contributed by atoms with E-state index in [4.69, 9.17) is 4.74 Å². The van der Waals surface area contributed by atoms with Crippen LogP contribution in [0.15, 0.2) is 0 Å². The van der Waals surface area contributed by atoms with Crippen LogP contribution in [0.3, 0.4) is 0 Å². The van der Waals surface area contributed by atoms with Crippen LogP contribution >= 0.6 is 0 Å². The molecule has 0 bridgehead atoms. The molecule has 0 aliphatic heterocycles. The number of hydrogen-bond acceptors (Lipinski definition) is 1. The monoisotopic (exact) mass is 224 g/mol. The third kappa shape index (κ3) is 2.80. The van der Waals surface area contributed by atoms with Gasteiger partial charge >= 0.3 is 0 Å². The van der Waals surface area contributed by atoms with Gasteiger partial charge in [-0.3, -0.25) is 0 Å². The fourth-order valence-electron chi connectivity index (χ4n) is 4.14. The van der Waals surface area contributed by atoms with Gasteiger partial charge in [-0.15, -0.1) is 0 Å². The summed E-state index contributed by atoms with van der Waals surface area (Å²) in [6, 6.07) is 0. The van der Waals surface area contributed by atoms with Crippen LogP contribution in [0, 0.1) is 11.3 Å². The van der Waals surface area contributed by atoms with E-state index in [1.54, 1.807) is 0 Å². The fraction of sp³-hybridized carbons (Fsp3) is 1.00. The quantitative estimate of drug-likeness (QED) is 0.680. The molecule has 0 radical (unpaired) electrons. The number of ether oxygens (including phenoxy) is 1. The lowest BCUT2D eigenvalue weighted by Gasteiger charge is -2.45. The van der Waals surface area contributed by atoms with E-state index < -0.39 is 0 Å². The van der Waals surface area contributed by atoms with E-state index >= 15 is 0 Å². The second kappa shape index (κ2) is 6.05. The predicted molar refractivity (Wildman–Crippen MR) is 68.6 cm³/mol. The van der Waals surface area contributed by atoms with Crippen molar-refractivity contribution in [2.75, 3.05) is 13.7 Å². The fourth-order valence-corrected chi connectivity index (χ4v) is 4.14. The Morgan fingerprint density at radius 1 is 0.938 bits per heavy atom. The average molecular weight is 224 g/mol. The number of hydrogen-bond donors (Lipinski definition) is 0. The molecule has 16 heavy (non-hydrogen) atoms. The van der Waals surface area contributed by atoms with Crippen molar-refractivity contribution in [2.24, 2.45) is 11.3 Å². The highest BCUT2D eigenvalue weighted by Gasteiger charge is 2.39. The normalized spacial score (nSPS) is 26.8. The topological polar surface area (TPSA) is 9.23 Å². The third-order valence-corrected chi connectivity index (χ3v) is 5.12. The molecule has 2 fully saturated rings. The summed E-state index contributed by atoms with van der Waals surface area (Å²) >= 11 is 0. The summed E-state index contributed by atoms with van der Waals surface area (Å²) in [5, 5.41) is 0. The smallest absolute Gasteiger partial charge is 0.0467 e. The lowest BCUT2D eigenvalue weighted by Crippen LogP contribution is -2.35.